The van der Waals surface area contributed by atoms with Crippen LogP contribution in [0.4, 0.5) is 5.69 Å². The molecule has 4 aromatic rings. The number of benzene rings is 1. The van der Waals surface area contributed by atoms with E-state index in [9.17, 15) is 0 Å². The predicted octanol–water partition coefficient (Wildman–Crippen LogP) is 3.53. The van der Waals surface area contributed by atoms with Crippen LogP contribution in [0.5, 0.6) is 11.6 Å². The first kappa shape index (κ1) is 14.2. The number of hydrogen-bond donors (Lipinski definition) is 1. The van der Waals surface area contributed by atoms with Gasteiger partial charge in [-0.2, -0.15) is 0 Å². The molecule has 6 nitrogen and oxygen atoms in total. The number of anilines is 1. The third-order valence-corrected chi connectivity index (χ3v) is 3.56. The lowest BCUT2D eigenvalue weighted by Crippen LogP contribution is -2.02. The number of hydrogen-bond acceptors (Lipinski definition) is 5. The molecule has 0 radical (unpaired) electrons. The van der Waals surface area contributed by atoms with Gasteiger partial charge >= 0.3 is 0 Å². The molecule has 0 amide bonds. The van der Waals surface area contributed by atoms with E-state index < -0.39 is 0 Å². The lowest BCUT2D eigenvalue weighted by molar-refractivity contribution is 0.463. The van der Waals surface area contributed by atoms with Gasteiger partial charge in [-0.1, -0.05) is 12.1 Å². The van der Waals surface area contributed by atoms with Crippen LogP contribution >= 0.6 is 0 Å². The molecule has 3 heterocycles. The highest BCUT2D eigenvalue weighted by atomic mass is 16.5. The van der Waals surface area contributed by atoms with Crippen molar-refractivity contribution < 1.29 is 4.74 Å². The molecule has 0 spiro atoms. The zero-order chi connectivity index (χ0) is 16.2. The second-order valence-electron chi connectivity index (χ2n) is 5.21. The lowest BCUT2D eigenvalue weighted by Gasteiger charge is -2.09. The lowest BCUT2D eigenvalue weighted by atomic mass is 10.3. The van der Waals surface area contributed by atoms with Gasteiger partial charge in [0.1, 0.15) is 5.75 Å². The number of nitrogens with one attached hydrogen (secondary N) is 1. The Morgan fingerprint density at radius 2 is 2.00 bits per heavy atom. The highest BCUT2D eigenvalue weighted by molar-refractivity contribution is 5.49. The molecule has 3 aromatic heterocycles. The largest absolute Gasteiger partial charge is 0.439 e. The van der Waals surface area contributed by atoms with Crippen molar-refractivity contribution in [2.45, 2.75) is 6.54 Å². The number of imidazole rings is 1. The van der Waals surface area contributed by atoms with Gasteiger partial charge < -0.3 is 10.1 Å². The molecule has 0 fully saturated rings. The van der Waals surface area contributed by atoms with E-state index >= 15 is 0 Å². The van der Waals surface area contributed by atoms with Crippen LogP contribution in [0.1, 0.15) is 5.69 Å². The summed E-state index contributed by atoms with van der Waals surface area (Å²) < 4.78 is 7.76. The van der Waals surface area contributed by atoms with E-state index in [1.807, 2.05) is 59.3 Å². The van der Waals surface area contributed by atoms with Crippen LogP contribution in [0.15, 0.2) is 73.4 Å². The van der Waals surface area contributed by atoms with E-state index in [4.69, 9.17) is 4.74 Å². The van der Waals surface area contributed by atoms with Crippen molar-refractivity contribution in [2.24, 2.45) is 0 Å². The Kier molecular flexibility index (Phi) is 3.77. The number of aromatic nitrogens is 4. The summed E-state index contributed by atoms with van der Waals surface area (Å²) in [6.45, 7) is 0.651. The summed E-state index contributed by atoms with van der Waals surface area (Å²) in [5.74, 6) is 1.31. The summed E-state index contributed by atoms with van der Waals surface area (Å²) in [6, 6.07) is 13.4. The number of pyridine rings is 1. The van der Waals surface area contributed by atoms with Crippen LogP contribution in [0.2, 0.25) is 0 Å². The fraction of sp³-hybridized carbons (Fsp3) is 0.0556. The summed E-state index contributed by atoms with van der Waals surface area (Å²) >= 11 is 0. The maximum absolute atomic E-state index is 5.75. The van der Waals surface area contributed by atoms with Gasteiger partial charge in [-0.3, -0.25) is 9.38 Å². The van der Waals surface area contributed by atoms with Crippen molar-refractivity contribution in [3.8, 4) is 11.6 Å². The first-order valence-corrected chi connectivity index (χ1v) is 7.57. The molecular weight excluding hydrogens is 302 g/mol. The number of rotatable bonds is 5. The van der Waals surface area contributed by atoms with Gasteiger partial charge in [0.05, 0.1) is 24.6 Å². The molecule has 1 aromatic carbocycles. The van der Waals surface area contributed by atoms with Gasteiger partial charge in [-0.05, 0) is 18.2 Å². The maximum atomic E-state index is 5.75. The SMILES string of the molecule is c1ccc(Oc2cccc(NCc3cnc4cnccn34)c2)nc1. The predicted molar refractivity (Wildman–Crippen MR) is 91.1 cm³/mol. The van der Waals surface area contributed by atoms with Crippen molar-refractivity contribution in [1.29, 1.82) is 0 Å². The summed E-state index contributed by atoms with van der Waals surface area (Å²) in [5, 5.41) is 3.38. The van der Waals surface area contributed by atoms with E-state index in [-0.39, 0.29) is 0 Å². The molecule has 118 valence electrons. The Bertz CT molecular complexity index is 952. The van der Waals surface area contributed by atoms with Crippen molar-refractivity contribution in [2.75, 3.05) is 5.32 Å². The van der Waals surface area contributed by atoms with Crippen LogP contribution in [-0.2, 0) is 6.54 Å². The topological polar surface area (TPSA) is 64.3 Å². The molecule has 0 saturated carbocycles. The molecule has 0 aliphatic carbocycles. The Hall–Kier alpha value is -3.41. The highest BCUT2D eigenvalue weighted by Gasteiger charge is 2.04. The van der Waals surface area contributed by atoms with E-state index in [1.54, 1.807) is 18.6 Å². The summed E-state index contributed by atoms with van der Waals surface area (Å²) in [4.78, 5) is 12.6. The van der Waals surface area contributed by atoms with Crippen LogP contribution < -0.4 is 10.1 Å². The monoisotopic (exact) mass is 317 g/mol. The second-order valence-corrected chi connectivity index (χ2v) is 5.21. The molecule has 4 rings (SSSR count). The van der Waals surface area contributed by atoms with Crippen LogP contribution in [0.3, 0.4) is 0 Å². The van der Waals surface area contributed by atoms with Gasteiger partial charge in [-0.25, -0.2) is 9.97 Å². The number of ether oxygens (including phenoxy) is 1. The summed E-state index contributed by atoms with van der Waals surface area (Å²) in [5.41, 5.74) is 2.86. The van der Waals surface area contributed by atoms with Crippen molar-refractivity contribution in [3.63, 3.8) is 0 Å². The van der Waals surface area contributed by atoms with Gasteiger partial charge in [0.15, 0.2) is 5.65 Å². The van der Waals surface area contributed by atoms with Gasteiger partial charge in [0, 0.05) is 36.4 Å². The molecule has 0 saturated heterocycles. The third-order valence-electron chi connectivity index (χ3n) is 3.56. The molecule has 6 heteroatoms. The minimum absolute atomic E-state index is 0.573. The zero-order valence-electron chi connectivity index (χ0n) is 12.8. The standard InChI is InChI=1S/C18H15N5O/c1-2-7-20-18(6-1)24-16-5-3-4-14(10-16)21-11-15-12-22-17-13-19-8-9-23(15)17/h1-10,12-13,21H,11H2. The maximum Gasteiger partial charge on any atom is 0.219 e. The van der Waals surface area contributed by atoms with E-state index in [0.29, 0.717) is 12.4 Å². The van der Waals surface area contributed by atoms with Crippen LogP contribution in [0, 0.1) is 0 Å². The van der Waals surface area contributed by atoms with E-state index in [2.05, 4.69) is 20.3 Å². The van der Waals surface area contributed by atoms with E-state index in [1.165, 1.54) is 0 Å². The fourth-order valence-electron chi connectivity index (χ4n) is 2.42. The molecule has 0 aliphatic rings. The van der Waals surface area contributed by atoms with Gasteiger partial charge in [0.2, 0.25) is 5.88 Å². The van der Waals surface area contributed by atoms with Crippen molar-refractivity contribution in [1.82, 2.24) is 19.4 Å². The van der Waals surface area contributed by atoms with E-state index in [0.717, 1.165) is 22.8 Å². The average molecular weight is 317 g/mol. The average Bonchev–Trinajstić information content (AvgIpc) is 3.04. The van der Waals surface area contributed by atoms with Gasteiger partial charge in [0.25, 0.3) is 0 Å². The number of fused-ring (bicyclic) bond motifs is 1. The Morgan fingerprint density at radius 3 is 2.92 bits per heavy atom. The Labute approximate surface area is 138 Å². The molecule has 0 aliphatic heterocycles. The first-order valence-electron chi connectivity index (χ1n) is 7.57. The van der Waals surface area contributed by atoms with Crippen LogP contribution in [-0.4, -0.2) is 19.4 Å². The second kappa shape index (κ2) is 6.37. The smallest absolute Gasteiger partial charge is 0.219 e. The molecule has 0 atom stereocenters. The van der Waals surface area contributed by atoms with Gasteiger partial charge in [-0.15, -0.1) is 0 Å². The first-order chi connectivity index (χ1) is 11.9. The highest BCUT2D eigenvalue weighted by Crippen LogP contribution is 2.22. The molecular formula is C18H15N5O. The van der Waals surface area contributed by atoms with Crippen molar-refractivity contribution in [3.05, 3.63) is 79.1 Å². The molecule has 0 bridgehead atoms. The minimum Gasteiger partial charge on any atom is -0.439 e. The summed E-state index contributed by atoms with van der Waals surface area (Å²) in [6.07, 6.45) is 8.94. The zero-order valence-corrected chi connectivity index (χ0v) is 12.8. The fourth-order valence-corrected chi connectivity index (χ4v) is 2.42. The molecule has 1 N–H and O–H groups in total. The normalized spacial score (nSPS) is 10.7. The third kappa shape index (κ3) is 3.03. The Balaban J connectivity index is 1.48. The Morgan fingerprint density at radius 1 is 1.00 bits per heavy atom. The molecule has 0 unspecified atom stereocenters. The van der Waals surface area contributed by atoms with Crippen molar-refractivity contribution >= 4 is 11.3 Å². The van der Waals surface area contributed by atoms with Crippen LogP contribution in [0.25, 0.3) is 5.65 Å². The summed E-state index contributed by atoms with van der Waals surface area (Å²) in [7, 11) is 0. The molecule has 24 heavy (non-hydrogen) atoms. The minimum atomic E-state index is 0.573. The quantitative estimate of drug-likeness (QED) is 0.610. The number of nitrogens with zero attached hydrogens (tertiary/aromatic N) is 4.